The average Bonchev–Trinajstić information content (AvgIpc) is 2.45. The molecule has 0 radical (unpaired) electrons. The van der Waals surface area contributed by atoms with Crippen molar-refractivity contribution in [3.8, 4) is 0 Å². The summed E-state index contributed by atoms with van der Waals surface area (Å²) in [5, 5.41) is 3.52. The van der Waals surface area contributed by atoms with Crippen molar-refractivity contribution in [3.63, 3.8) is 0 Å². The van der Waals surface area contributed by atoms with Crippen molar-refractivity contribution in [2.75, 3.05) is 19.8 Å². The zero-order chi connectivity index (χ0) is 8.81. The second-order valence-electron chi connectivity index (χ2n) is 3.77. The number of hydrogen-bond acceptors (Lipinski definition) is 2. The molecule has 72 valence electrons. The third kappa shape index (κ3) is 3.55. The fraction of sp³-hybridized carbons (Fsp3) is 1.00. The molecule has 0 saturated heterocycles. The van der Waals surface area contributed by atoms with Gasteiger partial charge in [-0.2, -0.15) is 0 Å². The van der Waals surface area contributed by atoms with Crippen LogP contribution in [0.1, 0.15) is 33.1 Å². The van der Waals surface area contributed by atoms with Crippen molar-refractivity contribution in [2.45, 2.75) is 39.2 Å². The number of rotatable bonds is 5. The van der Waals surface area contributed by atoms with Crippen LogP contribution >= 0.6 is 0 Å². The minimum absolute atomic E-state index is 0.764. The first kappa shape index (κ1) is 10.0. The van der Waals surface area contributed by atoms with Crippen molar-refractivity contribution in [3.05, 3.63) is 0 Å². The Morgan fingerprint density at radius 3 is 2.83 bits per heavy atom. The van der Waals surface area contributed by atoms with Gasteiger partial charge in [0.2, 0.25) is 0 Å². The van der Waals surface area contributed by atoms with E-state index in [1.165, 1.54) is 19.3 Å². The van der Waals surface area contributed by atoms with Gasteiger partial charge in [-0.15, -0.1) is 0 Å². The van der Waals surface area contributed by atoms with E-state index in [2.05, 4.69) is 12.2 Å². The molecule has 0 unspecified atom stereocenters. The third-order valence-electron chi connectivity index (χ3n) is 2.58. The molecular weight excluding hydrogens is 150 g/mol. The lowest BCUT2D eigenvalue weighted by Crippen LogP contribution is -2.29. The van der Waals surface area contributed by atoms with Crippen LogP contribution in [0, 0.1) is 5.92 Å². The minimum Gasteiger partial charge on any atom is -0.380 e. The van der Waals surface area contributed by atoms with Crippen LogP contribution in [-0.2, 0) is 4.74 Å². The summed E-state index contributed by atoms with van der Waals surface area (Å²) in [5.74, 6) is 0.926. The van der Waals surface area contributed by atoms with Crippen LogP contribution < -0.4 is 5.32 Å². The monoisotopic (exact) mass is 171 g/mol. The minimum atomic E-state index is 0.764. The fourth-order valence-corrected chi connectivity index (χ4v) is 1.87. The normalized spacial score (nSPS) is 29.5. The van der Waals surface area contributed by atoms with Gasteiger partial charge in [-0.3, -0.25) is 0 Å². The smallest absolute Gasteiger partial charge is 0.0590 e. The van der Waals surface area contributed by atoms with Crippen LogP contribution in [0.5, 0.6) is 0 Å². The van der Waals surface area contributed by atoms with E-state index in [0.29, 0.717) is 0 Å². The Kier molecular flexibility index (Phi) is 4.62. The molecule has 0 aromatic carbocycles. The summed E-state index contributed by atoms with van der Waals surface area (Å²) in [5.41, 5.74) is 0. The Labute approximate surface area is 75.7 Å². The summed E-state index contributed by atoms with van der Waals surface area (Å²) in [6.45, 7) is 7.09. The summed E-state index contributed by atoms with van der Waals surface area (Å²) in [4.78, 5) is 0. The highest BCUT2D eigenvalue weighted by Crippen LogP contribution is 2.24. The van der Waals surface area contributed by atoms with Gasteiger partial charge in [0.05, 0.1) is 6.61 Å². The topological polar surface area (TPSA) is 21.3 Å². The van der Waals surface area contributed by atoms with E-state index in [-0.39, 0.29) is 0 Å². The highest BCUT2D eigenvalue weighted by atomic mass is 16.5. The van der Waals surface area contributed by atoms with Crippen LogP contribution in [0.25, 0.3) is 0 Å². The largest absolute Gasteiger partial charge is 0.380 e. The Bertz CT molecular complexity index is 116. The summed E-state index contributed by atoms with van der Waals surface area (Å²) in [6, 6.07) is 0.764. The molecule has 12 heavy (non-hydrogen) atoms. The zero-order valence-electron chi connectivity index (χ0n) is 8.31. The fourth-order valence-electron chi connectivity index (χ4n) is 1.87. The third-order valence-corrected chi connectivity index (χ3v) is 2.58. The molecule has 1 N–H and O–H groups in total. The molecule has 0 aromatic rings. The molecule has 2 nitrogen and oxygen atoms in total. The van der Waals surface area contributed by atoms with Gasteiger partial charge in [-0.25, -0.2) is 0 Å². The lowest BCUT2D eigenvalue weighted by atomic mass is 10.1. The van der Waals surface area contributed by atoms with Crippen LogP contribution in [0.3, 0.4) is 0 Å². The first-order chi connectivity index (χ1) is 5.83. The molecule has 1 saturated carbocycles. The Morgan fingerprint density at radius 2 is 2.25 bits per heavy atom. The van der Waals surface area contributed by atoms with E-state index < -0.39 is 0 Å². The second-order valence-corrected chi connectivity index (χ2v) is 3.77. The van der Waals surface area contributed by atoms with Gasteiger partial charge >= 0.3 is 0 Å². The SMILES string of the molecule is CCOCCN[C@H]1CC[C@@H](C)C1. The van der Waals surface area contributed by atoms with Gasteiger partial charge in [-0.05, 0) is 32.1 Å². The summed E-state index contributed by atoms with van der Waals surface area (Å²) >= 11 is 0. The van der Waals surface area contributed by atoms with Gasteiger partial charge in [0.15, 0.2) is 0 Å². The van der Waals surface area contributed by atoms with Crippen LogP contribution in [0.2, 0.25) is 0 Å². The number of nitrogens with one attached hydrogen (secondary N) is 1. The van der Waals surface area contributed by atoms with Crippen LogP contribution in [0.4, 0.5) is 0 Å². The summed E-state index contributed by atoms with van der Waals surface area (Å²) in [7, 11) is 0. The lowest BCUT2D eigenvalue weighted by Gasteiger charge is -2.11. The quantitative estimate of drug-likeness (QED) is 0.637. The molecule has 1 aliphatic rings. The highest BCUT2D eigenvalue weighted by Gasteiger charge is 2.19. The van der Waals surface area contributed by atoms with E-state index in [1.54, 1.807) is 0 Å². The van der Waals surface area contributed by atoms with E-state index in [0.717, 1.165) is 31.7 Å². The molecule has 2 heteroatoms. The zero-order valence-corrected chi connectivity index (χ0v) is 8.31. The van der Waals surface area contributed by atoms with Crippen molar-refractivity contribution in [2.24, 2.45) is 5.92 Å². The van der Waals surface area contributed by atoms with Gasteiger partial charge in [-0.1, -0.05) is 6.92 Å². The van der Waals surface area contributed by atoms with Gasteiger partial charge in [0.25, 0.3) is 0 Å². The molecule has 0 amide bonds. The van der Waals surface area contributed by atoms with Crippen molar-refractivity contribution >= 4 is 0 Å². The van der Waals surface area contributed by atoms with Crippen molar-refractivity contribution in [1.29, 1.82) is 0 Å². The first-order valence-electron chi connectivity index (χ1n) is 5.14. The van der Waals surface area contributed by atoms with Gasteiger partial charge in [0, 0.05) is 19.2 Å². The van der Waals surface area contributed by atoms with Crippen LogP contribution in [0.15, 0.2) is 0 Å². The molecule has 1 fully saturated rings. The predicted octanol–water partition coefficient (Wildman–Crippen LogP) is 1.80. The van der Waals surface area contributed by atoms with Crippen LogP contribution in [-0.4, -0.2) is 25.8 Å². The molecule has 2 atom stereocenters. The average molecular weight is 171 g/mol. The molecule has 0 bridgehead atoms. The first-order valence-corrected chi connectivity index (χ1v) is 5.14. The van der Waals surface area contributed by atoms with E-state index in [9.17, 15) is 0 Å². The molecule has 0 aliphatic heterocycles. The Balaban J connectivity index is 1.93. The maximum atomic E-state index is 5.26. The van der Waals surface area contributed by atoms with Gasteiger partial charge in [0.1, 0.15) is 0 Å². The molecule has 0 spiro atoms. The Hall–Kier alpha value is -0.0800. The highest BCUT2D eigenvalue weighted by molar-refractivity contribution is 4.77. The maximum Gasteiger partial charge on any atom is 0.0590 e. The van der Waals surface area contributed by atoms with Crippen molar-refractivity contribution in [1.82, 2.24) is 5.32 Å². The lowest BCUT2D eigenvalue weighted by molar-refractivity contribution is 0.147. The molecule has 0 heterocycles. The molecule has 0 aromatic heterocycles. The predicted molar refractivity (Wildman–Crippen MR) is 51.3 cm³/mol. The number of ether oxygens (including phenoxy) is 1. The molecule has 1 aliphatic carbocycles. The Morgan fingerprint density at radius 1 is 1.42 bits per heavy atom. The molecular formula is C10H21NO. The van der Waals surface area contributed by atoms with E-state index in [1.807, 2.05) is 6.92 Å². The second kappa shape index (κ2) is 5.55. The van der Waals surface area contributed by atoms with Crippen molar-refractivity contribution < 1.29 is 4.74 Å². The standard InChI is InChI=1S/C10H21NO/c1-3-12-7-6-11-10-5-4-9(2)8-10/h9-11H,3-8H2,1-2H3/t9-,10+/m1/s1. The van der Waals surface area contributed by atoms with Gasteiger partial charge < -0.3 is 10.1 Å². The molecule has 1 rings (SSSR count). The van der Waals surface area contributed by atoms with E-state index in [4.69, 9.17) is 4.74 Å². The maximum absolute atomic E-state index is 5.26. The number of hydrogen-bond donors (Lipinski definition) is 1. The summed E-state index contributed by atoms with van der Waals surface area (Å²) in [6.07, 6.45) is 4.10. The summed E-state index contributed by atoms with van der Waals surface area (Å²) < 4.78 is 5.26. The van der Waals surface area contributed by atoms with E-state index >= 15 is 0 Å².